The zero-order valence-electron chi connectivity index (χ0n) is 11.0. The fourth-order valence-corrected chi connectivity index (χ4v) is 3.73. The van der Waals surface area contributed by atoms with E-state index in [1.165, 1.54) is 0 Å². The molecule has 2 atom stereocenters. The highest BCUT2D eigenvalue weighted by Crippen LogP contribution is 2.68. The van der Waals surface area contributed by atoms with Crippen LogP contribution in [-0.2, 0) is 4.79 Å². The Labute approximate surface area is 110 Å². The van der Waals surface area contributed by atoms with Crippen LogP contribution >= 0.6 is 12.4 Å². The van der Waals surface area contributed by atoms with Crippen LogP contribution in [0.4, 0.5) is 0 Å². The van der Waals surface area contributed by atoms with Gasteiger partial charge < -0.3 is 10.6 Å². The number of nitrogens with one attached hydrogen (secondary N) is 2. The first-order valence-electron chi connectivity index (χ1n) is 6.38. The molecule has 0 aromatic rings. The van der Waals surface area contributed by atoms with Gasteiger partial charge in [-0.25, -0.2) is 0 Å². The van der Waals surface area contributed by atoms with Crippen molar-refractivity contribution in [2.24, 2.45) is 28.6 Å². The number of carbonyl (C=O) groups is 1. The van der Waals surface area contributed by atoms with E-state index in [2.05, 4.69) is 38.3 Å². The van der Waals surface area contributed by atoms with Gasteiger partial charge in [-0.1, -0.05) is 27.7 Å². The minimum Gasteiger partial charge on any atom is -0.352 e. The maximum atomic E-state index is 12.2. The van der Waals surface area contributed by atoms with Gasteiger partial charge in [0.05, 0.1) is 0 Å². The summed E-state index contributed by atoms with van der Waals surface area (Å²) in [6.45, 7) is 11.0. The highest BCUT2D eigenvalue weighted by molar-refractivity contribution is 5.85. The molecule has 0 radical (unpaired) electrons. The molecule has 1 heterocycles. The van der Waals surface area contributed by atoms with E-state index in [0.717, 1.165) is 13.1 Å². The summed E-state index contributed by atoms with van der Waals surface area (Å²) in [5.41, 5.74) is 0.332. The van der Waals surface area contributed by atoms with Crippen LogP contribution in [0.1, 0.15) is 27.7 Å². The summed E-state index contributed by atoms with van der Waals surface area (Å²) in [4.78, 5) is 12.2. The molecule has 0 bridgehead atoms. The van der Waals surface area contributed by atoms with Crippen molar-refractivity contribution in [3.63, 3.8) is 0 Å². The molecule has 98 valence electrons. The Bertz CT molecular complexity index is 329. The lowest BCUT2D eigenvalue weighted by molar-refractivity contribution is -0.123. The molecule has 0 aromatic carbocycles. The number of amides is 1. The molecule has 0 spiro atoms. The average Bonchev–Trinajstić information content (AvgIpc) is 2.79. The van der Waals surface area contributed by atoms with Gasteiger partial charge in [-0.15, -0.1) is 12.4 Å². The number of halogens is 1. The van der Waals surface area contributed by atoms with E-state index in [1.54, 1.807) is 0 Å². The molecular formula is C13H23ClN2O. The predicted molar refractivity (Wildman–Crippen MR) is 70.1 cm³/mol. The van der Waals surface area contributed by atoms with E-state index in [1.807, 2.05) is 0 Å². The van der Waals surface area contributed by atoms with Crippen LogP contribution in [-0.4, -0.2) is 25.0 Å². The molecule has 2 saturated carbocycles. The van der Waals surface area contributed by atoms with E-state index in [0.29, 0.717) is 17.9 Å². The molecule has 1 saturated heterocycles. The maximum absolute atomic E-state index is 12.2. The lowest BCUT2D eigenvalue weighted by Crippen LogP contribution is -2.34. The van der Waals surface area contributed by atoms with Crippen molar-refractivity contribution in [1.29, 1.82) is 0 Å². The van der Waals surface area contributed by atoms with Gasteiger partial charge in [-0.2, -0.15) is 0 Å². The molecule has 3 rings (SSSR count). The summed E-state index contributed by atoms with van der Waals surface area (Å²) in [7, 11) is 0. The molecule has 17 heavy (non-hydrogen) atoms. The fourth-order valence-electron chi connectivity index (χ4n) is 3.73. The largest absolute Gasteiger partial charge is 0.352 e. The van der Waals surface area contributed by atoms with Gasteiger partial charge in [0.2, 0.25) is 5.91 Å². The van der Waals surface area contributed by atoms with Crippen molar-refractivity contribution in [3.8, 4) is 0 Å². The number of rotatable bonds is 2. The van der Waals surface area contributed by atoms with Gasteiger partial charge in [0.15, 0.2) is 0 Å². The molecule has 3 fully saturated rings. The van der Waals surface area contributed by atoms with E-state index in [9.17, 15) is 4.79 Å². The Hall–Kier alpha value is -0.280. The van der Waals surface area contributed by atoms with Gasteiger partial charge >= 0.3 is 0 Å². The van der Waals surface area contributed by atoms with Crippen LogP contribution in [0, 0.1) is 28.6 Å². The third-order valence-corrected chi connectivity index (χ3v) is 5.68. The molecule has 2 aliphatic carbocycles. The molecule has 1 amide bonds. The molecule has 2 unspecified atom stereocenters. The fraction of sp³-hybridized carbons (Fsp3) is 0.923. The normalized spacial score (nSPS) is 40.1. The SMILES string of the molecule is CC1(C)C(C(=O)NC2C3CNCC32)C1(C)C.Cl. The zero-order valence-corrected chi connectivity index (χ0v) is 11.9. The second-order valence-electron chi connectivity index (χ2n) is 6.90. The third kappa shape index (κ3) is 1.62. The second kappa shape index (κ2) is 3.61. The predicted octanol–water partition coefficient (Wildman–Crippen LogP) is 1.42. The molecule has 4 heteroatoms. The molecular weight excluding hydrogens is 236 g/mol. The van der Waals surface area contributed by atoms with Gasteiger partial charge in [0.25, 0.3) is 0 Å². The molecule has 1 aliphatic heterocycles. The summed E-state index contributed by atoms with van der Waals surface area (Å²) in [6, 6.07) is 0.473. The highest BCUT2D eigenvalue weighted by atomic mass is 35.5. The summed E-state index contributed by atoms with van der Waals surface area (Å²) < 4.78 is 0. The lowest BCUT2D eigenvalue weighted by Gasteiger charge is -2.08. The Morgan fingerprint density at radius 2 is 1.59 bits per heavy atom. The number of piperidine rings is 1. The summed E-state index contributed by atoms with van der Waals surface area (Å²) in [6.07, 6.45) is 0. The summed E-state index contributed by atoms with van der Waals surface area (Å²) in [5, 5.41) is 6.60. The van der Waals surface area contributed by atoms with Crippen molar-refractivity contribution in [3.05, 3.63) is 0 Å². The van der Waals surface area contributed by atoms with E-state index in [-0.39, 0.29) is 35.1 Å². The Morgan fingerprint density at radius 3 is 2.00 bits per heavy atom. The summed E-state index contributed by atoms with van der Waals surface area (Å²) >= 11 is 0. The Kier molecular flexibility index (Phi) is 2.79. The highest BCUT2D eigenvalue weighted by Gasteiger charge is 2.69. The minimum atomic E-state index is 0. The first kappa shape index (κ1) is 13.2. The second-order valence-corrected chi connectivity index (χ2v) is 6.90. The molecule has 3 nitrogen and oxygen atoms in total. The van der Waals surface area contributed by atoms with Crippen LogP contribution in [0.2, 0.25) is 0 Å². The molecule has 0 aromatic heterocycles. The molecule has 3 aliphatic rings. The average molecular weight is 259 g/mol. The number of hydrogen-bond acceptors (Lipinski definition) is 2. The first-order chi connectivity index (χ1) is 7.37. The van der Waals surface area contributed by atoms with E-state index in [4.69, 9.17) is 0 Å². The number of fused-ring (bicyclic) bond motifs is 1. The van der Waals surface area contributed by atoms with Crippen LogP contribution in [0.5, 0.6) is 0 Å². The summed E-state index contributed by atoms with van der Waals surface area (Å²) in [5.74, 6) is 1.92. The smallest absolute Gasteiger partial charge is 0.224 e. The number of carbonyl (C=O) groups excluding carboxylic acids is 1. The molecule has 2 N–H and O–H groups in total. The van der Waals surface area contributed by atoms with Gasteiger partial charge in [0, 0.05) is 25.0 Å². The zero-order chi connectivity index (χ0) is 11.7. The van der Waals surface area contributed by atoms with Crippen molar-refractivity contribution >= 4 is 18.3 Å². The monoisotopic (exact) mass is 258 g/mol. The number of hydrogen-bond donors (Lipinski definition) is 2. The topological polar surface area (TPSA) is 41.1 Å². The van der Waals surface area contributed by atoms with Crippen LogP contribution < -0.4 is 10.6 Å². The quantitative estimate of drug-likeness (QED) is 0.787. The standard InChI is InChI=1S/C13H22N2O.ClH/c1-12(2)10(13(12,3)4)11(16)15-9-7-5-14-6-8(7)9;/h7-10,14H,5-6H2,1-4H3,(H,15,16);1H. The maximum Gasteiger partial charge on any atom is 0.224 e. The van der Waals surface area contributed by atoms with Gasteiger partial charge in [-0.05, 0) is 22.7 Å². The Morgan fingerprint density at radius 1 is 1.12 bits per heavy atom. The lowest BCUT2D eigenvalue weighted by atomic mass is 10.0. The minimum absolute atomic E-state index is 0. The van der Waals surface area contributed by atoms with Crippen molar-refractivity contribution in [1.82, 2.24) is 10.6 Å². The van der Waals surface area contributed by atoms with Crippen LogP contribution in [0.15, 0.2) is 0 Å². The van der Waals surface area contributed by atoms with Crippen molar-refractivity contribution in [2.75, 3.05) is 13.1 Å². The van der Waals surface area contributed by atoms with Crippen molar-refractivity contribution in [2.45, 2.75) is 33.7 Å². The Balaban J connectivity index is 0.00000108. The van der Waals surface area contributed by atoms with E-state index < -0.39 is 0 Å². The third-order valence-electron chi connectivity index (χ3n) is 5.68. The first-order valence-corrected chi connectivity index (χ1v) is 6.38. The van der Waals surface area contributed by atoms with E-state index >= 15 is 0 Å². The van der Waals surface area contributed by atoms with Gasteiger partial charge in [-0.3, -0.25) is 4.79 Å². The van der Waals surface area contributed by atoms with Crippen LogP contribution in [0.25, 0.3) is 0 Å². The van der Waals surface area contributed by atoms with Crippen molar-refractivity contribution < 1.29 is 4.79 Å². The van der Waals surface area contributed by atoms with Crippen LogP contribution in [0.3, 0.4) is 0 Å². The van der Waals surface area contributed by atoms with Gasteiger partial charge in [0.1, 0.15) is 0 Å².